The average molecular weight is 354 g/mol. The van der Waals surface area contributed by atoms with Crippen molar-refractivity contribution in [2.24, 2.45) is 0 Å². The second-order valence-corrected chi connectivity index (χ2v) is 8.52. The molecule has 0 amide bonds. The molecule has 1 atom stereocenters. The fourth-order valence-electron chi connectivity index (χ4n) is 2.76. The molecular weight excluding hydrogens is 318 g/mol. The van der Waals surface area contributed by atoms with Gasteiger partial charge in [-0.15, -0.1) is 0 Å². The fraction of sp³-hybridized carbons (Fsp3) is 0.700. The van der Waals surface area contributed by atoms with Crippen LogP contribution in [0.3, 0.4) is 0 Å². The molecule has 0 saturated carbocycles. The van der Waals surface area contributed by atoms with Crippen molar-refractivity contribution in [1.29, 1.82) is 0 Å². The molecule has 0 aliphatic rings. The van der Waals surface area contributed by atoms with Gasteiger partial charge in [0.15, 0.2) is 0 Å². The van der Waals surface area contributed by atoms with Gasteiger partial charge in [0.2, 0.25) is 10.0 Å². The topological polar surface area (TPSA) is 46.2 Å². The zero-order chi connectivity index (χ0) is 17.8. The molecule has 3 nitrogen and oxygen atoms in total. The molecule has 1 rings (SSSR count). The smallest absolute Gasteiger partial charge is 0.211 e. The summed E-state index contributed by atoms with van der Waals surface area (Å²) in [5.41, 5.74) is 1.19. The van der Waals surface area contributed by atoms with Gasteiger partial charge in [0, 0.05) is 6.54 Å². The quantitative estimate of drug-likeness (QED) is 0.468. The Balaban J connectivity index is 2.29. The molecule has 0 fully saturated rings. The molecule has 0 aliphatic heterocycles. The molecule has 1 aromatic carbocycles. The maximum absolute atomic E-state index is 12.3. The van der Waals surface area contributed by atoms with Crippen molar-refractivity contribution in [2.75, 3.05) is 6.54 Å². The van der Waals surface area contributed by atoms with Gasteiger partial charge in [-0.3, -0.25) is 0 Å². The normalized spacial score (nSPS) is 13.1. The van der Waals surface area contributed by atoms with Crippen LogP contribution in [0, 0.1) is 0 Å². The van der Waals surface area contributed by atoms with E-state index in [1.807, 2.05) is 12.1 Å². The van der Waals surface area contributed by atoms with E-state index in [2.05, 4.69) is 25.5 Å². The van der Waals surface area contributed by atoms with Crippen molar-refractivity contribution in [1.82, 2.24) is 4.72 Å². The van der Waals surface area contributed by atoms with Crippen molar-refractivity contribution in [3.63, 3.8) is 0 Å². The third-order valence-electron chi connectivity index (χ3n) is 4.69. The lowest BCUT2D eigenvalue weighted by Crippen LogP contribution is -2.24. The van der Waals surface area contributed by atoms with Crippen LogP contribution in [0.1, 0.15) is 90.0 Å². The Hall–Kier alpha value is -0.870. The molecule has 1 N–H and O–H groups in total. The molecule has 0 radical (unpaired) electrons. The number of unbranched alkanes of at least 4 members (excludes halogenated alkanes) is 7. The Labute approximate surface area is 149 Å². The Morgan fingerprint density at radius 3 is 1.96 bits per heavy atom. The molecule has 138 valence electrons. The monoisotopic (exact) mass is 353 g/mol. The zero-order valence-electron chi connectivity index (χ0n) is 15.7. The largest absolute Gasteiger partial charge is 0.240 e. The van der Waals surface area contributed by atoms with E-state index >= 15 is 0 Å². The third kappa shape index (κ3) is 7.80. The molecule has 1 aromatic rings. The van der Waals surface area contributed by atoms with E-state index in [0.717, 1.165) is 19.3 Å². The second kappa shape index (κ2) is 11.6. The minimum absolute atomic E-state index is 0.370. The van der Waals surface area contributed by atoms with Gasteiger partial charge in [-0.2, -0.15) is 0 Å². The summed E-state index contributed by atoms with van der Waals surface area (Å²) in [5, 5.41) is 0. The van der Waals surface area contributed by atoms with Crippen LogP contribution >= 0.6 is 0 Å². The van der Waals surface area contributed by atoms with Crippen molar-refractivity contribution >= 4 is 10.0 Å². The standard InChI is InChI=1S/C20H35NO2S/c1-4-6-7-8-9-10-11-12-17-21-24(22,23)20-15-13-19(14-16-20)18(3)5-2/h13-16,18,21H,4-12,17H2,1-3H3. The van der Waals surface area contributed by atoms with Gasteiger partial charge in [0.1, 0.15) is 0 Å². The van der Waals surface area contributed by atoms with Crippen molar-refractivity contribution in [2.45, 2.75) is 89.4 Å². The lowest BCUT2D eigenvalue weighted by atomic mass is 9.99. The summed E-state index contributed by atoms with van der Waals surface area (Å²) in [4.78, 5) is 0.370. The van der Waals surface area contributed by atoms with E-state index in [1.54, 1.807) is 12.1 Å². The van der Waals surface area contributed by atoms with Gasteiger partial charge in [-0.1, -0.05) is 77.8 Å². The third-order valence-corrected chi connectivity index (χ3v) is 6.17. The van der Waals surface area contributed by atoms with E-state index < -0.39 is 10.0 Å². The lowest BCUT2D eigenvalue weighted by Gasteiger charge is -2.11. The Kier molecular flexibility index (Phi) is 10.3. The predicted molar refractivity (Wildman–Crippen MR) is 103 cm³/mol. The Morgan fingerprint density at radius 2 is 1.42 bits per heavy atom. The van der Waals surface area contributed by atoms with E-state index in [0.29, 0.717) is 17.4 Å². The van der Waals surface area contributed by atoms with Gasteiger partial charge >= 0.3 is 0 Å². The summed E-state index contributed by atoms with van der Waals surface area (Å²) in [5.74, 6) is 0.465. The first-order chi connectivity index (χ1) is 11.5. The van der Waals surface area contributed by atoms with Gasteiger partial charge in [-0.25, -0.2) is 13.1 Å². The Bertz CT molecular complexity index is 537. The number of benzene rings is 1. The summed E-state index contributed by atoms with van der Waals surface area (Å²) >= 11 is 0. The summed E-state index contributed by atoms with van der Waals surface area (Å²) in [6, 6.07) is 7.30. The molecule has 0 spiro atoms. The maximum Gasteiger partial charge on any atom is 0.240 e. The summed E-state index contributed by atoms with van der Waals surface area (Å²) in [7, 11) is -3.36. The van der Waals surface area contributed by atoms with E-state index in [4.69, 9.17) is 0 Å². The van der Waals surface area contributed by atoms with Crippen LogP contribution in [0.4, 0.5) is 0 Å². The molecule has 0 saturated heterocycles. The predicted octanol–water partition coefficient (Wildman–Crippen LogP) is 5.62. The van der Waals surface area contributed by atoms with Crippen LogP contribution in [-0.2, 0) is 10.0 Å². The van der Waals surface area contributed by atoms with Gasteiger partial charge in [0.25, 0.3) is 0 Å². The van der Waals surface area contributed by atoms with Crippen LogP contribution in [-0.4, -0.2) is 15.0 Å². The van der Waals surface area contributed by atoms with E-state index in [-0.39, 0.29) is 0 Å². The van der Waals surface area contributed by atoms with Gasteiger partial charge in [-0.05, 0) is 36.5 Å². The molecule has 0 aliphatic carbocycles. The number of nitrogens with one attached hydrogen (secondary N) is 1. The van der Waals surface area contributed by atoms with Crippen LogP contribution in [0.2, 0.25) is 0 Å². The summed E-state index contributed by atoms with van der Waals surface area (Å²) < 4.78 is 27.3. The van der Waals surface area contributed by atoms with Crippen LogP contribution in [0.15, 0.2) is 29.2 Å². The first kappa shape index (κ1) is 21.2. The number of rotatable bonds is 13. The fourth-order valence-corrected chi connectivity index (χ4v) is 3.83. The summed E-state index contributed by atoms with van der Waals surface area (Å²) in [6.07, 6.45) is 10.8. The van der Waals surface area contributed by atoms with E-state index in [1.165, 1.54) is 44.1 Å². The molecule has 0 aromatic heterocycles. The van der Waals surface area contributed by atoms with E-state index in [9.17, 15) is 8.42 Å². The lowest BCUT2D eigenvalue weighted by molar-refractivity contribution is 0.559. The molecule has 4 heteroatoms. The van der Waals surface area contributed by atoms with Gasteiger partial charge < -0.3 is 0 Å². The highest BCUT2D eigenvalue weighted by atomic mass is 32.2. The van der Waals surface area contributed by atoms with Crippen molar-refractivity contribution in [3.05, 3.63) is 29.8 Å². The maximum atomic E-state index is 12.3. The molecule has 0 bridgehead atoms. The first-order valence-corrected chi connectivity index (χ1v) is 11.1. The van der Waals surface area contributed by atoms with Crippen LogP contribution in [0.5, 0.6) is 0 Å². The van der Waals surface area contributed by atoms with Crippen molar-refractivity contribution < 1.29 is 8.42 Å². The Morgan fingerprint density at radius 1 is 0.875 bits per heavy atom. The summed E-state index contributed by atoms with van der Waals surface area (Å²) in [6.45, 7) is 7.05. The zero-order valence-corrected chi connectivity index (χ0v) is 16.5. The van der Waals surface area contributed by atoms with Gasteiger partial charge in [0.05, 0.1) is 4.90 Å². The highest BCUT2D eigenvalue weighted by Crippen LogP contribution is 2.20. The van der Waals surface area contributed by atoms with Crippen molar-refractivity contribution in [3.8, 4) is 0 Å². The SMILES string of the molecule is CCCCCCCCCCNS(=O)(=O)c1ccc(C(C)CC)cc1. The number of hydrogen-bond donors (Lipinski definition) is 1. The average Bonchev–Trinajstić information content (AvgIpc) is 2.59. The minimum atomic E-state index is -3.36. The highest BCUT2D eigenvalue weighted by Gasteiger charge is 2.13. The first-order valence-electron chi connectivity index (χ1n) is 9.60. The molecule has 0 heterocycles. The molecule has 1 unspecified atom stereocenters. The second-order valence-electron chi connectivity index (χ2n) is 6.75. The molecular formula is C20H35NO2S. The highest BCUT2D eigenvalue weighted by molar-refractivity contribution is 7.89. The number of sulfonamides is 1. The molecule has 24 heavy (non-hydrogen) atoms. The van der Waals surface area contributed by atoms with Crippen LogP contribution in [0.25, 0.3) is 0 Å². The van der Waals surface area contributed by atoms with Crippen LogP contribution < -0.4 is 4.72 Å². The number of hydrogen-bond acceptors (Lipinski definition) is 2. The minimum Gasteiger partial charge on any atom is -0.211 e.